The van der Waals surface area contributed by atoms with Crippen molar-refractivity contribution in [2.24, 2.45) is 7.05 Å². The van der Waals surface area contributed by atoms with Crippen LogP contribution in [0.15, 0.2) is 39.9 Å². The van der Waals surface area contributed by atoms with Crippen molar-refractivity contribution in [1.29, 1.82) is 0 Å². The van der Waals surface area contributed by atoms with Gasteiger partial charge in [-0.2, -0.15) is 0 Å². The number of nitrogens with one attached hydrogen (secondary N) is 1. The van der Waals surface area contributed by atoms with Crippen LogP contribution in [0.2, 0.25) is 0 Å². The maximum absolute atomic E-state index is 13.0. The second kappa shape index (κ2) is 7.70. The number of aromatic nitrogens is 3. The van der Waals surface area contributed by atoms with Gasteiger partial charge in [-0.3, -0.25) is 18.7 Å². The van der Waals surface area contributed by atoms with Crippen LogP contribution in [0, 0.1) is 13.8 Å². The van der Waals surface area contributed by atoms with Gasteiger partial charge in [-0.1, -0.05) is 17.7 Å². The lowest BCUT2D eigenvalue weighted by molar-refractivity contribution is -0.116. The van der Waals surface area contributed by atoms with Crippen molar-refractivity contribution in [3.8, 4) is 0 Å². The Kier molecular flexibility index (Phi) is 5.31. The molecule has 0 bridgehead atoms. The average molecular weight is 396 g/mol. The number of hydrogen-bond acceptors (Lipinski definition) is 6. The van der Waals surface area contributed by atoms with Crippen molar-refractivity contribution in [3.63, 3.8) is 0 Å². The highest BCUT2D eigenvalue weighted by atomic mass is 16.5. The standard InChI is InChI=1S/C20H20N4O5/c1-11-5-7-13(8-6-11)22-15(25)10-24-18(26)16-14(19(27)29-4)9-12(2)21-17(16)23(3)20(24)28/h5-9H,10H2,1-4H3,(H,22,25). The number of pyridine rings is 1. The molecule has 1 amide bonds. The minimum atomic E-state index is -0.782. The minimum Gasteiger partial charge on any atom is -0.465 e. The van der Waals surface area contributed by atoms with Gasteiger partial charge < -0.3 is 10.1 Å². The van der Waals surface area contributed by atoms with Crippen LogP contribution < -0.4 is 16.6 Å². The fraction of sp³-hybridized carbons (Fsp3) is 0.250. The van der Waals surface area contributed by atoms with Gasteiger partial charge >= 0.3 is 11.7 Å². The van der Waals surface area contributed by atoms with Crippen LogP contribution in [0.1, 0.15) is 21.6 Å². The van der Waals surface area contributed by atoms with Crippen molar-refractivity contribution in [2.75, 3.05) is 12.4 Å². The number of methoxy groups -OCH3 is 1. The zero-order chi connectivity index (χ0) is 21.3. The van der Waals surface area contributed by atoms with E-state index in [1.54, 1.807) is 19.1 Å². The van der Waals surface area contributed by atoms with E-state index in [0.717, 1.165) is 14.7 Å². The molecule has 1 aromatic carbocycles. The number of ether oxygens (including phenoxy) is 1. The number of hydrogen-bond donors (Lipinski definition) is 1. The third-order valence-electron chi connectivity index (χ3n) is 4.47. The molecule has 2 heterocycles. The minimum absolute atomic E-state index is 0.0108. The third-order valence-corrected chi connectivity index (χ3v) is 4.47. The molecule has 1 N–H and O–H groups in total. The first kappa shape index (κ1) is 20.0. The monoisotopic (exact) mass is 396 g/mol. The molecule has 29 heavy (non-hydrogen) atoms. The van der Waals surface area contributed by atoms with Gasteiger partial charge in [0.1, 0.15) is 12.2 Å². The summed E-state index contributed by atoms with van der Waals surface area (Å²) in [6, 6.07) is 8.50. The molecule has 3 aromatic rings. The number of benzene rings is 1. The lowest BCUT2D eigenvalue weighted by Gasteiger charge is -2.13. The first-order valence-electron chi connectivity index (χ1n) is 8.79. The molecule has 0 radical (unpaired) electrons. The summed E-state index contributed by atoms with van der Waals surface area (Å²) in [6.07, 6.45) is 0. The second-order valence-electron chi connectivity index (χ2n) is 6.65. The molecule has 0 aliphatic rings. The van der Waals surface area contributed by atoms with Crippen molar-refractivity contribution in [2.45, 2.75) is 20.4 Å². The Morgan fingerprint density at radius 3 is 2.41 bits per heavy atom. The Morgan fingerprint density at radius 2 is 1.79 bits per heavy atom. The van der Waals surface area contributed by atoms with Crippen LogP contribution in [0.3, 0.4) is 0 Å². The quantitative estimate of drug-likeness (QED) is 0.662. The number of rotatable bonds is 4. The smallest absolute Gasteiger partial charge is 0.338 e. The van der Waals surface area contributed by atoms with E-state index in [0.29, 0.717) is 11.4 Å². The SMILES string of the molecule is COC(=O)c1cc(C)nc2c1c(=O)n(CC(=O)Nc1ccc(C)cc1)c(=O)n2C. The van der Waals surface area contributed by atoms with Gasteiger partial charge in [-0.25, -0.2) is 14.6 Å². The first-order chi connectivity index (χ1) is 13.7. The first-order valence-corrected chi connectivity index (χ1v) is 8.79. The number of aryl methyl sites for hydroxylation is 3. The lowest BCUT2D eigenvalue weighted by atomic mass is 10.1. The Bertz CT molecular complexity index is 1240. The van der Waals surface area contributed by atoms with Crippen LogP contribution >= 0.6 is 0 Å². The van der Waals surface area contributed by atoms with E-state index in [1.807, 2.05) is 19.1 Å². The molecule has 0 saturated heterocycles. The maximum Gasteiger partial charge on any atom is 0.338 e. The lowest BCUT2D eigenvalue weighted by Crippen LogP contribution is -2.42. The van der Waals surface area contributed by atoms with Gasteiger partial charge in [0.15, 0.2) is 0 Å². The molecule has 9 nitrogen and oxygen atoms in total. The number of carbonyl (C=O) groups is 2. The molecular formula is C20H20N4O5. The van der Waals surface area contributed by atoms with Gasteiger partial charge in [-0.05, 0) is 32.0 Å². The third kappa shape index (κ3) is 3.79. The predicted octanol–water partition coefficient (Wildman–Crippen LogP) is 1.14. The molecule has 0 aliphatic heterocycles. The Balaban J connectivity index is 2.11. The average Bonchev–Trinajstić information content (AvgIpc) is 2.70. The molecule has 0 atom stereocenters. The maximum atomic E-state index is 13.0. The van der Waals surface area contributed by atoms with Crippen molar-refractivity contribution >= 4 is 28.6 Å². The van der Waals surface area contributed by atoms with E-state index in [4.69, 9.17) is 4.74 Å². The van der Waals surface area contributed by atoms with Gasteiger partial charge in [0.2, 0.25) is 5.91 Å². The summed E-state index contributed by atoms with van der Waals surface area (Å²) >= 11 is 0. The number of anilines is 1. The van der Waals surface area contributed by atoms with E-state index in [-0.39, 0.29) is 16.6 Å². The van der Waals surface area contributed by atoms with Crippen LogP contribution in [-0.2, 0) is 23.1 Å². The highest BCUT2D eigenvalue weighted by Gasteiger charge is 2.21. The van der Waals surface area contributed by atoms with Crippen LogP contribution in [0.5, 0.6) is 0 Å². The molecule has 0 spiro atoms. The van der Waals surface area contributed by atoms with E-state index in [2.05, 4.69) is 10.3 Å². The molecule has 150 valence electrons. The summed E-state index contributed by atoms with van der Waals surface area (Å²) in [6.45, 7) is 3.04. The molecule has 0 saturated carbocycles. The van der Waals surface area contributed by atoms with Gasteiger partial charge in [0.05, 0.1) is 18.1 Å². The van der Waals surface area contributed by atoms with Crippen LogP contribution in [0.4, 0.5) is 5.69 Å². The molecule has 0 unspecified atom stereocenters. The largest absolute Gasteiger partial charge is 0.465 e. The molecule has 3 rings (SSSR count). The number of amides is 1. The van der Waals surface area contributed by atoms with Gasteiger partial charge in [0.25, 0.3) is 5.56 Å². The van der Waals surface area contributed by atoms with Gasteiger partial charge in [-0.15, -0.1) is 0 Å². The molecule has 9 heteroatoms. The summed E-state index contributed by atoms with van der Waals surface area (Å²) in [5.41, 5.74) is 0.561. The van der Waals surface area contributed by atoms with Gasteiger partial charge in [0, 0.05) is 18.4 Å². The van der Waals surface area contributed by atoms with E-state index < -0.39 is 29.7 Å². The normalized spacial score (nSPS) is 10.8. The summed E-state index contributed by atoms with van der Waals surface area (Å²) in [5, 5.41) is 2.57. The molecular weight excluding hydrogens is 376 g/mol. The van der Waals surface area contributed by atoms with Crippen LogP contribution in [0.25, 0.3) is 11.0 Å². The van der Waals surface area contributed by atoms with E-state index in [1.165, 1.54) is 20.2 Å². The molecule has 0 aliphatic carbocycles. The van der Waals surface area contributed by atoms with Crippen LogP contribution in [-0.4, -0.2) is 33.1 Å². The molecule has 2 aromatic heterocycles. The number of nitrogens with zero attached hydrogens (tertiary/aromatic N) is 3. The van der Waals surface area contributed by atoms with Crippen molar-refractivity contribution in [1.82, 2.24) is 14.1 Å². The number of carbonyl (C=O) groups excluding carboxylic acids is 2. The summed E-state index contributed by atoms with van der Waals surface area (Å²) in [4.78, 5) is 54.5. The Hall–Kier alpha value is -3.75. The predicted molar refractivity (Wildman–Crippen MR) is 107 cm³/mol. The summed E-state index contributed by atoms with van der Waals surface area (Å²) < 4.78 is 6.66. The molecule has 0 fully saturated rings. The summed E-state index contributed by atoms with van der Waals surface area (Å²) in [7, 11) is 2.62. The fourth-order valence-electron chi connectivity index (χ4n) is 3.00. The second-order valence-corrected chi connectivity index (χ2v) is 6.65. The van der Waals surface area contributed by atoms with Crippen molar-refractivity contribution < 1.29 is 14.3 Å². The topological polar surface area (TPSA) is 112 Å². The zero-order valence-electron chi connectivity index (χ0n) is 16.5. The zero-order valence-corrected chi connectivity index (χ0v) is 16.5. The Morgan fingerprint density at radius 1 is 1.14 bits per heavy atom. The highest BCUT2D eigenvalue weighted by Crippen LogP contribution is 2.15. The summed E-state index contributed by atoms with van der Waals surface area (Å²) in [5.74, 6) is -1.28. The van der Waals surface area contributed by atoms with E-state index in [9.17, 15) is 19.2 Å². The fourth-order valence-corrected chi connectivity index (χ4v) is 3.00. The van der Waals surface area contributed by atoms with E-state index >= 15 is 0 Å². The number of fused-ring (bicyclic) bond motifs is 1. The Labute approximate surface area is 165 Å². The number of esters is 1. The highest BCUT2D eigenvalue weighted by molar-refractivity contribution is 6.02. The van der Waals surface area contributed by atoms with Crippen molar-refractivity contribution in [3.05, 3.63) is 68.0 Å².